The molecule has 6 heteroatoms. The highest BCUT2D eigenvalue weighted by Crippen LogP contribution is 2.28. The number of benzene rings is 1. The molecule has 2 rings (SSSR count). The SMILES string of the molecule is COCc1ccccc1Nc1nc(C)c(C(=O)OC)s1. The van der Waals surface area contributed by atoms with Gasteiger partial charge in [0.25, 0.3) is 0 Å². The molecule has 0 unspecified atom stereocenters. The minimum absolute atomic E-state index is 0.363. The van der Waals surface area contributed by atoms with Crippen molar-refractivity contribution in [3.8, 4) is 0 Å². The number of hydrogen-bond acceptors (Lipinski definition) is 6. The largest absolute Gasteiger partial charge is 0.465 e. The third-order valence-electron chi connectivity index (χ3n) is 2.73. The number of nitrogens with one attached hydrogen (secondary N) is 1. The van der Waals surface area contributed by atoms with Gasteiger partial charge in [-0.2, -0.15) is 0 Å². The van der Waals surface area contributed by atoms with Crippen LogP contribution in [0.4, 0.5) is 10.8 Å². The molecule has 106 valence electrons. The molecule has 1 heterocycles. The zero-order valence-electron chi connectivity index (χ0n) is 11.6. The van der Waals surface area contributed by atoms with Gasteiger partial charge in [-0.1, -0.05) is 29.5 Å². The molecule has 5 nitrogen and oxygen atoms in total. The predicted molar refractivity (Wildman–Crippen MR) is 78.6 cm³/mol. The van der Waals surface area contributed by atoms with Crippen LogP contribution in [-0.4, -0.2) is 25.2 Å². The number of nitrogens with zero attached hydrogens (tertiary/aromatic N) is 1. The van der Waals surface area contributed by atoms with Crippen LogP contribution in [0.3, 0.4) is 0 Å². The number of carbonyl (C=O) groups is 1. The molecule has 0 bridgehead atoms. The summed E-state index contributed by atoms with van der Waals surface area (Å²) < 4.78 is 9.89. The lowest BCUT2D eigenvalue weighted by atomic mass is 10.2. The second kappa shape index (κ2) is 6.49. The van der Waals surface area contributed by atoms with E-state index in [1.807, 2.05) is 24.3 Å². The zero-order chi connectivity index (χ0) is 14.5. The van der Waals surface area contributed by atoms with E-state index in [-0.39, 0.29) is 5.97 Å². The average molecular weight is 292 g/mol. The molecule has 0 aliphatic heterocycles. The lowest BCUT2D eigenvalue weighted by Gasteiger charge is -2.08. The van der Waals surface area contributed by atoms with Crippen molar-refractivity contribution in [2.24, 2.45) is 0 Å². The van der Waals surface area contributed by atoms with Crippen LogP contribution in [0, 0.1) is 6.92 Å². The fraction of sp³-hybridized carbons (Fsp3) is 0.286. The summed E-state index contributed by atoms with van der Waals surface area (Å²) in [6.45, 7) is 2.30. The summed E-state index contributed by atoms with van der Waals surface area (Å²) in [6, 6.07) is 7.81. The first-order valence-corrected chi connectivity index (χ1v) is 6.87. The van der Waals surface area contributed by atoms with Crippen LogP contribution in [-0.2, 0) is 16.1 Å². The van der Waals surface area contributed by atoms with Crippen molar-refractivity contribution in [1.82, 2.24) is 4.98 Å². The van der Waals surface area contributed by atoms with Crippen LogP contribution < -0.4 is 5.32 Å². The standard InChI is InChI=1S/C14H16N2O3S/c1-9-12(13(17)19-3)20-14(15-9)16-11-7-5-4-6-10(11)8-18-2/h4-7H,8H2,1-3H3,(H,15,16). The maximum Gasteiger partial charge on any atom is 0.350 e. The normalized spacial score (nSPS) is 10.3. The van der Waals surface area contributed by atoms with E-state index >= 15 is 0 Å². The highest BCUT2D eigenvalue weighted by Gasteiger charge is 2.16. The van der Waals surface area contributed by atoms with Crippen molar-refractivity contribution >= 4 is 28.1 Å². The van der Waals surface area contributed by atoms with Gasteiger partial charge in [-0.25, -0.2) is 9.78 Å². The summed E-state index contributed by atoms with van der Waals surface area (Å²) in [6.07, 6.45) is 0. The molecule has 0 aliphatic carbocycles. The van der Waals surface area contributed by atoms with Gasteiger partial charge in [-0.05, 0) is 13.0 Å². The molecule has 0 saturated carbocycles. The van der Waals surface area contributed by atoms with Crippen LogP contribution in [0.5, 0.6) is 0 Å². The molecule has 0 spiro atoms. The van der Waals surface area contributed by atoms with E-state index in [4.69, 9.17) is 9.47 Å². The molecule has 1 aromatic carbocycles. The van der Waals surface area contributed by atoms with Crippen molar-refractivity contribution in [3.63, 3.8) is 0 Å². The third-order valence-corrected chi connectivity index (χ3v) is 3.78. The molecule has 0 aliphatic rings. The molecule has 1 aromatic heterocycles. The van der Waals surface area contributed by atoms with Gasteiger partial charge < -0.3 is 14.8 Å². The van der Waals surface area contributed by atoms with Gasteiger partial charge in [0.2, 0.25) is 0 Å². The molecular formula is C14H16N2O3S. The minimum Gasteiger partial charge on any atom is -0.465 e. The fourth-order valence-corrected chi connectivity index (χ4v) is 2.67. The Morgan fingerprint density at radius 3 is 2.80 bits per heavy atom. The van der Waals surface area contributed by atoms with Gasteiger partial charge in [0.15, 0.2) is 5.13 Å². The molecular weight excluding hydrogens is 276 g/mol. The summed E-state index contributed by atoms with van der Waals surface area (Å²) in [5.41, 5.74) is 2.61. The number of methoxy groups -OCH3 is 2. The summed E-state index contributed by atoms with van der Waals surface area (Å²) in [4.78, 5) is 16.4. The Hall–Kier alpha value is -1.92. The van der Waals surface area contributed by atoms with Crippen LogP contribution in [0.25, 0.3) is 0 Å². The fourth-order valence-electron chi connectivity index (χ4n) is 1.77. The van der Waals surface area contributed by atoms with E-state index in [1.165, 1.54) is 18.4 Å². The van der Waals surface area contributed by atoms with Crippen LogP contribution in [0.2, 0.25) is 0 Å². The number of aromatic nitrogens is 1. The monoisotopic (exact) mass is 292 g/mol. The van der Waals surface area contributed by atoms with Crippen LogP contribution in [0.1, 0.15) is 20.9 Å². The quantitative estimate of drug-likeness (QED) is 0.858. The van der Waals surface area contributed by atoms with Crippen molar-refractivity contribution in [2.45, 2.75) is 13.5 Å². The van der Waals surface area contributed by atoms with Crippen molar-refractivity contribution < 1.29 is 14.3 Å². The summed E-state index contributed by atoms with van der Waals surface area (Å²) in [5.74, 6) is -0.363. The lowest BCUT2D eigenvalue weighted by molar-refractivity contribution is 0.0605. The van der Waals surface area contributed by atoms with Crippen LogP contribution in [0.15, 0.2) is 24.3 Å². The molecule has 1 N–H and O–H groups in total. The van der Waals surface area contributed by atoms with Gasteiger partial charge in [0, 0.05) is 18.4 Å². The Morgan fingerprint density at radius 1 is 1.35 bits per heavy atom. The van der Waals surface area contributed by atoms with E-state index in [9.17, 15) is 4.79 Å². The van der Waals surface area contributed by atoms with E-state index in [0.29, 0.717) is 22.3 Å². The van der Waals surface area contributed by atoms with Crippen molar-refractivity contribution in [2.75, 3.05) is 19.5 Å². The summed E-state index contributed by atoms with van der Waals surface area (Å²) >= 11 is 1.28. The number of aryl methyl sites for hydroxylation is 1. The van der Waals surface area contributed by atoms with Crippen molar-refractivity contribution in [3.05, 3.63) is 40.4 Å². The maximum absolute atomic E-state index is 11.6. The first-order valence-electron chi connectivity index (χ1n) is 6.05. The summed E-state index contributed by atoms with van der Waals surface area (Å²) in [7, 11) is 3.02. The molecule has 0 amide bonds. The average Bonchev–Trinajstić information content (AvgIpc) is 2.81. The summed E-state index contributed by atoms with van der Waals surface area (Å²) in [5, 5.41) is 3.88. The minimum atomic E-state index is -0.363. The number of ether oxygens (including phenoxy) is 2. The first-order chi connectivity index (χ1) is 9.65. The second-order valence-corrected chi connectivity index (χ2v) is 5.14. The molecule has 20 heavy (non-hydrogen) atoms. The number of hydrogen-bond donors (Lipinski definition) is 1. The smallest absolute Gasteiger partial charge is 0.350 e. The molecule has 0 saturated heterocycles. The zero-order valence-corrected chi connectivity index (χ0v) is 12.4. The maximum atomic E-state index is 11.6. The highest BCUT2D eigenvalue weighted by molar-refractivity contribution is 7.17. The first kappa shape index (κ1) is 14.5. The number of anilines is 2. The second-order valence-electron chi connectivity index (χ2n) is 4.14. The van der Waals surface area contributed by atoms with Gasteiger partial charge in [-0.3, -0.25) is 0 Å². The Balaban J connectivity index is 2.24. The number of esters is 1. The number of carbonyl (C=O) groups excluding carboxylic acids is 1. The van der Waals surface area contributed by atoms with Crippen LogP contribution >= 0.6 is 11.3 Å². The lowest BCUT2D eigenvalue weighted by Crippen LogP contribution is -1.99. The van der Waals surface area contributed by atoms with Gasteiger partial charge in [0.1, 0.15) is 4.88 Å². The van der Waals surface area contributed by atoms with Gasteiger partial charge in [-0.15, -0.1) is 0 Å². The molecule has 2 aromatic rings. The van der Waals surface area contributed by atoms with E-state index < -0.39 is 0 Å². The Bertz CT molecular complexity index is 610. The van der Waals surface area contributed by atoms with E-state index in [2.05, 4.69) is 10.3 Å². The predicted octanol–water partition coefficient (Wildman–Crippen LogP) is 3.13. The van der Waals surface area contributed by atoms with E-state index in [1.54, 1.807) is 14.0 Å². The Labute approximate surface area is 121 Å². The molecule has 0 fully saturated rings. The van der Waals surface area contributed by atoms with Crippen molar-refractivity contribution in [1.29, 1.82) is 0 Å². The Morgan fingerprint density at radius 2 is 2.10 bits per heavy atom. The van der Waals surface area contributed by atoms with E-state index in [0.717, 1.165) is 11.3 Å². The van der Waals surface area contributed by atoms with Gasteiger partial charge >= 0.3 is 5.97 Å². The molecule has 0 atom stereocenters. The molecule has 0 radical (unpaired) electrons. The number of rotatable bonds is 5. The topological polar surface area (TPSA) is 60.5 Å². The Kier molecular flexibility index (Phi) is 4.70. The number of para-hydroxylation sites is 1. The van der Waals surface area contributed by atoms with Gasteiger partial charge in [0.05, 0.1) is 19.4 Å². The number of thiazole rings is 1. The highest BCUT2D eigenvalue weighted by atomic mass is 32.1. The third kappa shape index (κ3) is 3.15.